The number of hydrogen-bond donors (Lipinski definition) is 1. The first-order chi connectivity index (χ1) is 14.3. The number of rotatable bonds is 8. The minimum absolute atomic E-state index is 0.0485. The van der Waals surface area contributed by atoms with Crippen LogP contribution in [0, 0.1) is 0 Å². The van der Waals surface area contributed by atoms with Crippen LogP contribution in [0.15, 0.2) is 82.2 Å². The normalized spacial score (nSPS) is 11.4. The predicted octanol–water partition coefficient (Wildman–Crippen LogP) is 4.55. The van der Waals surface area contributed by atoms with Gasteiger partial charge in [-0.15, -0.1) is 0 Å². The molecule has 0 unspecified atom stereocenters. The van der Waals surface area contributed by atoms with E-state index >= 15 is 0 Å². The smallest absolute Gasteiger partial charge is 0.336 e. The third kappa shape index (κ3) is 4.89. The van der Waals surface area contributed by atoms with E-state index in [9.17, 15) is 18.3 Å². The Kier molecular flexibility index (Phi) is 6.91. The molecular formula is C22H20BrNO5S. The van der Waals surface area contributed by atoms with Gasteiger partial charge in [0.05, 0.1) is 17.6 Å². The van der Waals surface area contributed by atoms with Gasteiger partial charge in [0.15, 0.2) is 0 Å². The number of halogens is 1. The van der Waals surface area contributed by atoms with E-state index in [1.807, 2.05) is 30.3 Å². The maximum atomic E-state index is 13.5. The molecule has 0 saturated carbocycles. The topological polar surface area (TPSA) is 83.9 Å². The lowest BCUT2D eigenvalue weighted by molar-refractivity contribution is 0.0695. The molecule has 0 amide bonds. The van der Waals surface area contributed by atoms with Crippen molar-refractivity contribution in [2.75, 3.05) is 7.11 Å². The number of methoxy groups -OCH3 is 1. The van der Waals surface area contributed by atoms with Crippen LogP contribution in [0.25, 0.3) is 0 Å². The van der Waals surface area contributed by atoms with Crippen molar-refractivity contribution in [2.45, 2.75) is 18.0 Å². The monoisotopic (exact) mass is 489 g/mol. The fourth-order valence-corrected chi connectivity index (χ4v) is 4.89. The third-order valence-corrected chi connectivity index (χ3v) is 7.13. The van der Waals surface area contributed by atoms with E-state index in [0.717, 1.165) is 5.56 Å². The maximum absolute atomic E-state index is 13.5. The zero-order chi connectivity index (χ0) is 21.7. The second kappa shape index (κ2) is 9.42. The first-order valence-electron chi connectivity index (χ1n) is 9.01. The van der Waals surface area contributed by atoms with Gasteiger partial charge in [-0.1, -0.05) is 52.3 Å². The molecule has 0 saturated heterocycles. The van der Waals surface area contributed by atoms with Crippen LogP contribution in [-0.4, -0.2) is 30.9 Å². The minimum Gasteiger partial charge on any atom is -0.497 e. The van der Waals surface area contributed by atoms with Gasteiger partial charge < -0.3 is 9.84 Å². The van der Waals surface area contributed by atoms with Crippen molar-refractivity contribution < 1.29 is 23.1 Å². The molecule has 0 heterocycles. The van der Waals surface area contributed by atoms with Crippen molar-refractivity contribution in [3.63, 3.8) is 0 Å². The second-order valence-corrected chi connectivity index (χ2v) is 9.30. The molecule has 0 radical (unpaired) electrons. The van der Waals surface area contributed by atoms with Gasteiger partial charge in [0.1, 0.15) is 5.75 Å². The molecular weight excluding hydrogens is 470 g/mol. The van der Waals surface area contributed by atoms with Crippen molar-refractivity contribution in [1.29, 1.82) is 0 Å². The number of ether oxygens (including phenoxy) is 1. The highest BCUT2D eigenvalue weighted by atomic mass is 79.9. The van der Waals surface area contributed by atoms with E-state index in [-0.39, 0.29) is 23.5 Å². The molecule has 3 aromatic rings. The van der Waals surface area contributed by atoms with Crippen LogP contribution < -0.4 is 4.74 Å². The van der Waals surface area contributed by atoms with Crippen LogP contribution in [0.4, 0.5) is 0 Å². The molecule has 0 bridgehead atoms. The molecule has 1 N–H and O–H groups in total. The summed E-state index contributed by atoms with van der Waals surface area (Å²) in [6.07, 6.45) is 0. The van der Waals surface area contributed by atoms with Crippen molar-refractivity contribution in [1.82, 2.24) is 4.31 Å². The third-order valence-electron chi connectivity index (χ3n) is 4.58. The van der Waals surface area contributed by atoms with E-state index in [2.05, 4.69) is 15.9 Å². The number of carboxylic acids is 1. The highest BCUT2D eigenvalue weighted by Crippen LogP contribution is 2.28. The Morgan fingerprint density at radius 3 is 2.23 bits per heavy atom. The van der Waals surface area contributed by atoms with Crippen molar-refractivity contribution in [2.24, 2.45) is 0 Å². The minimum atomic E-state index is -3.92. The van der Waals surface area contributed by atoms with Gasteiger partial charge >= 0.3 is 5.97 Å². The van der Waals surface area contributed by atoms with Gasteiger partial charge in [0.2, 0.25) is 10.0 Å². The Labute approximate surface area is 183 Å². The molecule has 0 aliphatic rings. The van der Waals surface area contributed by atoms with Crippen LogP contribution in [-0.2, 0) is 23.1 Å². The number of nitrogens with zero attached hydrogens (tertiary/aromatic N) is 1. The van der Waals surface area contributed by atoms with Crippen molar-refractivity contribution in [3.8, 4) is 5.75 Å². The molecule has 3 aromatic carbocycles. The summed E-state index contributed by atoms with van der Waals surface area (Å²) in [5.74, 6) is -0.574. The van der Waals surface area contributed by atoms with E-state index < -0.39 is 16.0 Å². The van der Waals surface area contributed by atoms with Crippen LogP contribution in [0.1, 0.15) is 21.5 Å². The molecule has 30 heavy (non-hydrogen) atoms. The molecule has 0 aliphatic carbocycles. The first kappa shape index (κ1) is 22.0. The van der Waals surface area contributed by atoms with E-state index in [0.29, 0.717) is 15.8 Å². The zero-order valence-corrected chi connectivity index (χ0v) is 18.6. The molecule has 0 spiro atoms. The summed E-state index contributed by atoms with van der Waals surface area (Å²) in [6, 6.07) is 20.0. The summed E-state index contributed by atoms with van der Waals surface area (Å²) in [5, 5.41) is 9.57. The summed E-state index contributed by atoms with van der Waals surface area (Å²) < 4.78 is 33.8. The Bertz CT molecular complexity index is 1130. The predicted molar refractivity (Wildman–Crippen MR) is 117 cm³/mol. The molecule has 6 nitrogen and oxygen atoms in total. The van der Waals surface area contributed by atoms with Gasteiger partial charge in [-0.25, -0.2) is 13.2 Å². The van der Waals surface area contributed by atoms with Gasteiger partial charge in [0.25, 0.3) is 0 Å². The molecule has 0 fully saturated rings. The Morgan fingerprint density at radius 2 is 1.63 bits per heavy atom. The van der Waals surface area contributed by atoms with Gasteiger partial charge in [-0.05, 0) is 47.5 Å². The molecule has 0 aliphatic heterocycles. The SMILES string of the molecule is COc1ccc(S(=O)(=O)N(Cc2ccccc2)Cc2c(Br)cccc2C(=O)O)cc1. The number of sulfonamides is 1. The highest BCUT2D eigenvalue weighted by Gasteiger charge is 2.27. The lowest BCUT2D eigenvalue weighted by Gasteiger charge is -2.24. The lowest BCUT2D eigenvalue weighted by atomic mass is 10.1. The molecule has 0 atom stereocenters. The number of hydrogen-bond acceptors (Lipinski definition) is 4. The quantitative estimate of drug-likeness (QED) is 0.501. The number of benzene rings is 3. The Balaban J connectivity index is 2.06. The summed E-state index contributed by atoms with van der Waals surface area (Å²) in [6.45, 7) is -0.0120. The summed E-state index contributed by atoms with van der Waals surface area (Å²) in [7, 11) is -2.41. The summed E-state index contributed by atoms with van der Waals surface area (Å²) in [5.41, 5.74) is 1.23. The zero-order valence-electron chi connectivity index (χ0n) is 16.2. The standard InChI is InChI=1S/C22H20BrNO5S/c1-29-17-10-12-18(13-11-17)30(27,28)24(14-16-6-3-2-4-7-16)15-20-19(22(25)26)8-5-9-21(20)23/h2-13H,14-15H2,1H3,(H,25,26). The van der Waals surface area contributed by atoms with Crippen LogP contribution in [0.5, 0.6) is 5.75 Å². The summed E-state index contributed by atoms with van der Waals surface area (Å²) in [4.78, 5) is 11.8. The maximum Gasteiger partial charge on any atom is 0.336 e. The Morgan fingerprint density at radius 1 is 0.967 bits per heavy atom. The number of carboxylic acid groups (broad SMARTS) is 1. The van der Waals surface area contributed by atoms with E-state index in [4.69, 9.17) is 4.74 Å². The fraction of sp³-hybridized carbons (Fsp3) is 0.136. The van der Waals surface area contributed by atoms with Gasteiger partial charge in [-0.3, -0.25) is 0 Å². The average molecular weight is 490 g/mol. The van der Waals surface area contributed by atoms with Gasteiger partial charge in [-0.2, -0.15) is 4.31 Å². The van der Waals surface area contributed by atoms with E-state index in [1.165, 1.54) is 29.6 Å². The second-order valence-electron chi connectivity index (χ2n) is 6.51. The number of aromatic carboxylic acids is 1. The average Bonchev–Trinajstić information content (AvgIpc) is 2.75. The van der Waals surface area contributed by atoms with Gasteiger partial charge in [0, 0.05) is 17.6 Å². The Hall–Kier alpha value is -2.68. The highest BCUT2D eigenvalue weighted by molar-refractivity contribution is 9.10. The number of carbonyl (C=O) groups is 1. The molecule has 3 rings (SSSR count). The van der Waals surface area contributed by atoms with Crippen LogP contribution in [0.3, 0.4) is 0 Å². The summed E-state index contributed by atoms with van der Waals surface area (Å²) >= 11 is 3.37. The van der Waals surface area contributed by atoms with E-state index in [1.54, 1.807) is 24.3 Å². The van der Waals surface area contributed by atoms with Crippen molar-refractivity contribution in [3.05, 3.63) is 94.0 Å². The van der Waals surface area contributed by atoms with Crippen LogP contribution >= 0.6 is 15.9 Å². The first-order valence-corrected chi connectivity index (χ1v) is 11.2. The van der Waals surface area contributed by atoms with Crippen molar-refractivity contribution >= 4 is 31.9 Å². The largest absolute Gasteiger partial charge is 0.497 e. The fourth-order valence-electron chi connectivity index (χ4n) is 3.01. The van der Waals surface area contributed by atoms with Crippen LogP contribution in [0.2, 0.25) is 0 Å². The lowest BCUT2D eigenvalue weighted by Crippen LogP contribution is -2.31. The molecule has 156 valence electrons. The molecule has 0 aromatic heterocycles. The molecule has 8 heteroatoms.